The van der Waals surface area contributed by atoms with Crippen LogP contribution in [0.1, 0.15) is 26.7 Å². The third-order valence-corrected chi connectivity index (χ3v) is 1.96. The first kappa shape index (κ1) is 8.97. The highest BCUT2D eigenvalue weighted by Gasteiger charge is 2.24. The van der Waals surface area contributed by atoms with Crippen LogP contribution in [0, 0.1) is 0 Å². The summed E-state index contributed by atoms with van der Waals surface area (Å²) in [6, 6.07) is 0. The molecule has 66 valence electrons. The summed E-state index contributed by atoms with van der Waals surface area (Å²) >= 11 is 0. The highest BCUT2D eigenvalue weighted by Crippen LogP contribution is 2.18. The second-order valence-electron chi connectivity index (χ2n) is 2.97. The lowest BCUT2D eigenvalue weighted by molar-refractivity contribution is -0.249. The average Bonchev–Trinajstić information content (AvgIpc) is 2.03. The van der Waals surface area contributed by atoms with Gasteiger partial charge in [0.05, 0.1) is 12.2 Å². The van der Waals surface area contributed by atoms with Gasteiger partial charge in [0.15, 0.2) is 0 Å². The minimum Gasteiger partial charge on any atom is -0.337 e. The average molecular weight is 159 g/mol. The number of rotatable bonds is 2. The summed E-state index contributed by atoms with van der Waals surface area (Å²) in [6.07, 6.45) is 2.53. The van der Waals surface area contributed by atoms with Gasteiger partial charge in [-0.05, 0) is 26.8 Å². The summed E-state index contributed by atoms with van der Waals surface area (Å²) in [7, 11) is 1.84. The largest absolute Gasteiger partial charge is 0.337 e. The van der Waals surface area contributed by atoms with E-state index in [0.29, 0.717) is 12.2 Å². The van der Waals surface area contributed by atoms with E-state index in [4.69, 9.17) is 9.47 Å². The minimum atomic E-state index is -0.205. The molecule has 0 radical (unpaired) electrons. The van der Waals surface area contributed by atoms with Crippen molar-refractivity contribution in [3.63, 3.8) is 0 Å². The van der Waals surface area contributed by atoms with Crippen molar-refractivity contribution < 1.29 is 9.47 Å². The van der Waals surface area contributed by atoms with Crippen molar-refractivity contribution >= 4 is 0 Å². The van der Waals surface area contributed by atoms with Gasteiger partial charge in [-0.1, -0.05) is 6.92 Å². The predicted molar refractivity (Wildman–Crippen MR) is 43.2 cm³/mol. The summed E-state index contributed by atoms with van der Waals surface area (Å²) in [5.41, 5.74) is 0. The lowest BCUT2D eigenvalue weighted by Gasteiger charge is -2.33. The van der Waals surface area contributed by atoms with Crippen LogP contribution in [0.2, 0.25) is 0 Å². The Morgan fingerprint density at radius 1 is 1.45 bits per heavy atom. The van der Waals surface area contributed by atoms with Crippen molar-refractivity contribution in [1.29, 1.82) is 0 Å². The van der Waals surface area contributed by atoms with Crippen LogP contribution in [0.25, 0.3) is 0 Å². The van der Waals surface area contributed by atoms with E-state index in [9.17, 15) is 0 Å². The Kier molecular flexibility index (Phi) is 3.30. The van der Waals surface area contributed by atoms with Crippen LogP contribution >= 0.6 is 0 Å². The lowest BCUT2D eigenvalue weighted by Crippen LogP contribution is -2.43. The predicted octanol–water partition coefficient (Wildman–Crippen LogP) is 1.09. The maximum absolute atomic E-state index is 5.52. The maximum atomic E-state index is 5.52. The molecule has 3 unspecified atom stereocenters. The molecule has 3 atom stereocenters. The lowest BCUT2D eigenvalue weighted by atomic mass is 10.1. The third-order valence-electron chi connectivity index (χ3n) is 1.96. The first-order valence-electron chi connectivity index (χ1n) is 4.24. The molecule has 0 aromatic heterocycles. The molecule has 11 heavy (non-hydrogen) atoms. The normalized spacial score (nSPS) is 39.0. The van der Waals surface area contributed by atoms with Crippen molar-refractivity contribution in [2.45, 2.75) is 45.3 Å². The van der Waals surface area contributed by atoms with E-state index in [-0.39, 0.29) is 6.41 Å². The molecule has 0 spiro atoms. The standard InChI is InChI=1S/C8H17NO2/c1-4-7-5-6(2)10-8(9-3)11-7/h6-9H,4-5H2,1-3H3. The second-order valence-corrected chi connectivity index (χ2v) is 2.97. The van der Waals surface area contributed by atoms with Crippen LogP contribution in [0.4, 0.5) is 0 Å². The van der Waals surface area contributed by atoms with Crippen LogP contribution in [-0.4, -0.2) is 25.7 Å². The van der Waals surface area contributed by atoms with Gasteiger partial charge in [-0.2, -0.15) is 0 Å². The summed E-state index contributed by atoms with van der Waals surface area (Å²) in [5.74, 6) is 0. The van der Waals surface area contributed by atoms with E-state index in [2.05, 4.69) is 19.2 Å². The molecule has 0 aromatic rings. The highest BCUT2D eigenvalue weighted by molar-refractivity contribution is 4.66. The van der Waals surface area contributed by atoms with Crippen molar-refractivity contribution in [2.75, 3.05) is 7.05 Å². The molecule has 0 bridgehead atoms. The van der Waals surface area contributed by atoms with Gasteiger partial charge in [0, 0.05) is 0 Å². The topological polar surface area (TPSA) is 30.5 Å². The van der Waals surface area contributed by atoms with Crippen molar-refractivity contribution in [2.24, 2.45) is 0 Å². The molecule has 1 aliphatic rings. The molecule has 1 aliphatic heterocycles. The van der Waals surface area contributed by atoms with Crippen LogP contribution in [0.5, 0.6) is 0 Å². The second kappa shape index (κ2) is 4.04. The van der Waals surface area contributed by atoms with Gasteiger partial charge in [-0.15, -0.1) is 0 Å². The van der Waals surface area contributed by atoms with Crippen LogP contribution in [-0.2, 0) is 9.47 Å². The van der Waals surface area contributed by atoms with Crippen molar-refractivity contribution in [3.8, 4) is 0 Å². The van der Waals surface area contributed by atoms with Crippen LogP contribution < -0.4 is 5.32 Å². The summed E-state index contributed by atoms with van der Waals surface area (Å²) < 4.78 is 11.0. The van der Waals surface area contributed by atoms with E-state index < -0.39 is 0 Å². The zero-order valence-corrected chi connectivity index (χ0v) is 7.46. The Bertz CT molecular complexity index is 107. The van der Waals surface area contributed by atoms with Crippen molar-refractivity contribution in [3.05, 3.63) is 0 Å². The summed E-state index contributed by atoms with van der Waals surface area (Å²) in [4.78, 5) is 0. The Balaban J connectivity index is 2.37. The molecule has 0 aliphatic carbocycles. The zero-order chi connectivity index (χ0) is 8.27. The highest BCUT2D eigenvalue weighted by atomic mass is 16.7. The van der Waals surface area contributed by atoms with Gasteiger partial charge in [-0.3, -0.25) is 5.32 Å². The Morgan fingerprint density at radius 2 is 2.18 bits per heavy atom. The van der Waals surface area contributed by atoms with Gasteiger partial charge in [-0.25, -0.2) is 0 Å². The van der Waals surface area contributed by atoms with Crippen LogP contribution in [0.3, 0.4) is 0 Å². The number of hydrogen-bond donors (Lipinski definition) is 1. The molecule has 0 aromatic carbocycles. The van der Waals surface area contributed by atoms with E-state index in [0.717, 1.165) is 12.8 Å². The number of nitrogens with one attached hydrogen (secondary N) is 1. The fraction of sp³-hybridized carbons (Fsp3) is 1.00. The molecule has 1 saturated heterocycles. The Hall–Kier alpha value is -0.120. The SMILES string of the molecule is CCC1CC(C)OC(NC)O1. The van der Waals surface area contributed by atoms with Gasteiger partial charge < -0.3 is 9.47 Å². The minimum absolute atomic E-state index is 0.205. The third kappa shape index (κ3) is 2.43. The molecule has 0 amide bonds. The first-order chi connectivity index (χ1) is 5.26. The number of hydrogen-bond acceptors (Lipinski definition) is 3. The summed E-state index contributed by atoms with van der Waals surface area (Å²) in [6.45, 7) is 4.21. The Labute approximate surface area is 68.1 Å². The van der Waals surface area contributed by atoms with E-state index in [1.165, 1.54) is 0 Å². The molecular formula is C8H17NO2. The van der Waals surface area contributed by atoms with Gasteiger partial charge in [0.1, 0.15) is 0 Å². The monoisotopic (exact) mass is 159 g/mol. The smallest absolute Gasteiger partial charge is 0.216 e. The van der Waals surface area contributed by atoms with Gasteiger partial charge >= 0.3 is 0 Å². The van der Waals surface area contributed by atoms with Gasteiger partial charge in [0.25, 0.3) is 0 Å². The first-order valence-corrected chi connectivity index (χ1v) is 4.24. The quantitative estimate of drug-likeness (QED) is 0.654. The van der Waals surface area contributed by atoms with E-state index in [1.54, 1.807) is 0 Å². The van der Waals surface area contributed by atoms with Crippen LogP contribution in [0.15, 0.2) is 0 Å². The molecule has 1 rings (SSSR count). The Morgan fingerprint density at radius 3 is 2.73 bits per heavy atom. The van der Waals surface area contributed by atoms with Gasteiger partial charge in [0.2, 0.25) is 6.41 Å². The molecule has 1 heterocycles. The summed E-state index contributed by atoms with van der Waals surface area (Å²) in [5, 5.41) is 2.95. The van der Waals surface area contributed by atoms with Crippen molar-refractivity contribution in [1.82, 2.24) is 5.32 Å². The van der Waals surface area contributed by atoms with E-state index in [1.807, 2.05) is 7.05 Å². The molecule has 1 fully saturated rings. The fourth-order valence-electron chi connectivity index (χ4n) is 1.30. The number of ether oxygens (including phenoxy) is 2. The van der Waals surface area contributed by atoms with E-state index >= 15 is 0 Å². The fourth-order valence-corrected chi connectivity index (χ4v) is 1.30. The molecule has 1 N–H and O–H groups in total. The molecule has 3 nitrogen and oxygen atoms in total. The molecular weight excluding hydrogens is 142 g/mol. The maximum Gasteiger partial charge on any atom is 0.216 e. The zero-order valence-electron chi connectivity index (χ0n) is 7.46. The molecule has 0 saturated carbocycles. The molecule has 3 heteroatoms.